The molecule has 266 valence electrons. The van der Waals surface area contributed by atoms with Gasteiger partial charge in [-0.15, -0.1) is 0 Å². The van der Waals surface area contributed by atoms with Crippen molar-refractivity contribution in [2.75, 3.05) is 54.1 Å². The molecule has 2 aliphatic heterocycles. The summed E-state index contributed by atoms with van der Waals surface area (Å²) in [6, 6.07) is 22.4. The Hall–Kier alpha value is -6.04. The number of hydrogen-bond donors (Lipinski definition) is 2. The largest absolute Gasteiger partial charge is 0.493 e. The normalized spacial score (nSPS) is 16.0. The van der Waals surface area contributed by atoms with Crippen LogP contribution in [0.4, 0.5) is 5.69 Å². The number of rotatable bonds is 15. The van der Waals surface area contributed by atoms with Gasteiger partial charge in [0, 0.05) is 29.7 Å². The zero-order valence-electron chi connectivity index (χ0n) is 29.2. The van der Waals surface area contributed by atoms with Crippen molar-refractivity contribution in [3.63, 3.8) is 0 Å². The molecule has 2 unspecified atom stereocenters. The molecule has 0 bridgehead atoms. The van der Waals surface area contributed by atoms with Crippen LogP contribution in [0.15, 0.2) is 90.1 Å². The Kier molecular flexibility index (Phi) is 10.7. The van der Waals surface area contributed by atoms with Crippen molar-refractivity contribution < 1.29 is 42.8 Å². The summed E-state index contributed by atoms with van der Waals surface area (Å²) >= 11 is 0. The highest BCUT2D eigenvalue weighted by atomic mass is 16.6. The van der Waals surface area contributed by atoms with Crippen LogP contribution in [-0.4, -0.2) is 60.4 Å². The van der Waals surface area contributed by atoms with E-state index in [2.05, 4.69) is 22.4 Å². The average molecular weight is 696 g/mol. The first-order valence-corrected chi connectivity index (χ1v) is 16.3. The van der Waals surface area contributed by atoms with Crippen LogP contribution in [0.1, 0.15) is 52.2 Å². The van der Waals surface area contributed by atoms with Gasteiger partial charge in [0.15, 0.2) is 40.6 Å². The van der Waals surface area contributed by atoms with Gasteiger partial charge in [-0.1, -0.05) is 29.9 Å². The number of anilines is 1. The second-order valence-electron chi connectivity index (χ2n) is 11.8. The first-order chi connectivity index (χ1) is 24.8. The molecule has 2 atom stereocenters. The Morgan fingerprint density at radius 1 is 0.765 bits per heavy atom. The maximum absolute atomic E-state index is 12.6. The highest BCUT2D eigenvalue weighted by Crippen LogP contribution is 2.42. The second-order valence-corrected chi connectivity index (χ2v) is 11.8. The quantitative estimate of drug-likeness (QED) is 0.128. The molecule has 0 saturated heterocycles. The van der Waals surface area contributed by atoms with Crippen LogP contribution in [0.5, 0.6) is 40.2 Å². The number of benzene rings is 4. The third-order valence-electron chi connectivity index (χ3n) is 8.64. The number of ether oxygens (including phenoxy) is 7. The lowest BCUT2D eigenvalue weighted by Gasteiger charge is -2.28. The van der Waals surface area contributed by atoms with Crippen LogP contribution in [0, 0.1) is 0 Å². The number of hydrogen-bond acceptors (Lipinski definition) is 11. The SMILES string of the molecule is C=C(CCOc1cc(C2=NOC(c3cc(OC)c(OC)c(OC)c3)C2)ccc1OC)COc1ccc(C2NC(=O)c3ccccc3N2)cc1OC. The Morgan fingerprint density at radius 3 is 2.20 bits per heavy atom. The second kappa shape index (κ2) is 15.7. The van der Waals surface area contributed by atoms with Crippen LogP contribution in [0.25, 0.3) is 0 Å². The number of fused-ring (bicyclic) bond motifs is 1. The Morgan fingerprint density at radius 2 is 1.47 bits per heavy atom. The Bertz CT molecular complexity index is 1920. The van der Waals surface area contributed by atoms with Gasteiger partial charge >= 0.3 is 0 Å². The number of oxime groups is 1. The van der Waals surface area contributed by atoms with Crippen molar-refractivity contribution >= 4 is 17.3 Å². The van der Waals surface area contributed by atoms with Gasteiger partial charge in [-0.2, -0.15) is 0 Å². The number of nitrogens with zero attached hydrogens (tertiary/aromatic N) is 1. The Labute approximate surface area is 296 Å². The van der Waals surface area contributed by atoms with Crippen LogP contribution < -0.4 is 43.8 Å². The summed E-state index contributed by atoms with van der Waals surface area (Å²) < 4.78 is 39.9. The lowest BCUT2D eigenvalue weighted by molar-refractivity contribution is 0.0853. The topological polar surface area (TPSA) is 127 Å². The van der Waals surface area contributed by atoms with Crippen LogP contribution in [-0.2, 0) is 4.84 Å². The number of para-hydroxylation sites is 1. The highest BCUT2D eigenvalue weighted by molar-refractivity contribution is 6.02. The van der Waals surface area contributed by atoms with Gasteiger partial charge in [0.1, 0.15) is 12.8 Å². The first kappa shape index (κ1) is 34.8. The first-order valence-electron chi connectivity index (χ1n) is 16.3. The van der Waals surface area contributed by atoms with E-state index in [1.807, 2.05) is 66.7 Å². The minimum atomic E-state index is -0.408. The predicted molar refractivity (Wildman–Crippen MR) is 192 cm³/mol. The molecule has 6 rings (SSSR count). The lowest BCUT2D eigenvalue weighted by Crippen LogP contribution is -2.38. The minimum absolute atomic E-state index is 0.140. The van der Waals surface area contributed by atoms with Crippen molar-refractivity contribution in [2.24, 2.45) is 5.16 Å². The molecule has 12 heteroatoms. The van der Waals surface area contributed by atoms with E-state index < -0.39 is 6.17 Å². The minimum Gasteiger partial charge on any atom is -0.493 e. The molecule has 2 aliphatic rings. The molecule has 2 N–H and O–H groups in total. The van der Waals surface area contributed by atoms with Gasteiger partial charge < -0.3 is 48.6 Å². The van der Waals surface area contributed by atoms with Crippen molar-refractivity contribution in [3.8, 4) is 40.2 Å². The van der Waals surface area contributed by atoms with Crippen molar-refractivity contribution in [2.45, 2.75) is 25.1 Å². The van der Waals surface area contributed by atoms with Gasteiger partial charge in [-0.25, -0.2) is 0 Å². The van der Waals surface area contributed by atoms with E-state index in [1.54, 1.807) is 41.6 Å². The Balaban J connectivity index is 1.03. The summed E-state index contributed by atoms with van der Waals surface area (Å²) in [7, 11) is 7.90. The molecule has 12 nitrogen and oxygen atoms in total. The van der Waals surface area contributed by atoms with E-state index in [0.717, 1.165) is 33.7 Å². The molecule has 0 fully saturated rings. The zero-order valence-corrected chi connectivity index (χ0v) is 29.2. The molecule has 1 amide bonds. The molecule has 0 saturated carbocycles. The summed E-state index contributed by atoms with van der Waals surface area (Å²) in [4.78, 5) is 18.4. The van der Waals surface area contributed by atoms with E-state index in [9.17, 15) is 4.79 Å². The van der Waals surface area contributed by atoms with E-state index in [4.69, 9.17) is 38.0 Å². The van der Waals surface area contributed by atoms with Crippen molar-refractivity contribution in [1.29, 1.82) is 0 Å². The zero-order chi connectivity index (χ0) is 35.9. The van der Waals surface area contributed by atoms with Crippen molar-refractivity contribution in [1.82, 2.24) is 5.32 Å². The molecule has 0 spiro atoms. The lowest BCUT2D eigenvalue weighted by atomic mass is 9.99. The van der Waals surface area contributed by atoms with Crippen LogP contribution >= 0.6 is 0 Å². The fraction of sp³-hybridized carbons (Fsp3) is 0.282. The number of nitrogens with one attached hydrogen (secondary N) is 2. The summed E-state index contributed by atoms with van der Waals surface area (Å²) in [5.41, 5.74) is 5.51. The van der Waals surface area contributed by atoms with E-state index in [0.29, 0.717) is 65.3 Å². The fourth-order valence-electron chi connectivity index (χ4n) is 5.90. The molecule has 2 heterocycles. The number of carbonyl (C=O) groups excluding carboxylic acids is 1. The monoisotopic (exact) mass is 695 g/mol. The number of methoxy groups -OCH3 is 5. The van der Waals surface area contributed by atoms with Gasteiger partial charge in [-0.3, -0.25) is 4.79 Å². The summed E-state index contributed by atoms with van der Waals surface area (Å²) in [5.74, 6) is 3.73. The molecule has 4 aromatic rings. The van der Waals surface area contributed by atoms with Crippen LogP contribution in [0.2, 0.25) is 0 Å². The maximum Gasteiger partial charge on any atom is 0.255 e. The molecule has 0 aliphatic carbocycles. The van der Waals surface area contributed by atoms with E-state index in [1.165, 1.54) is 0 Å². The third-order valence-corrected chi connectivity index (χ3v) is 8.64. The maximum atomic E-state index is 12.6. The molecular formula is C39H41N3O9. The molecular weight excluding hydrogens is 654 g/mol. The summed E-state index contributed by atoms with van der Waals surface area (Å²) in [5, 5.41) is 10.7. The smallest absolute Gasteiger partial charge is 0.255 e. The van der Waals surface area contributed by atoms with E-state index >= 15 is 0 Å². The van der Waals surface area contributed by atoms with Crippen molar-refractivity contribution in [3.05, 3.63) is 107 Å². The average Bonchev–Trinajstić information content (AvgIpc) is 3.67. The molecule has 4 aromatic carbocycles. The molecule has 51 heavy (non-hydrogen) atoms. The summed E-state index contributed by atoms with van der Waals surface area (Å²) in [6.45, 7) is 4.79. The predicted octanol–water partition coefficient (Wildman–Crippen LogP) is 6.85. The van der Waals surface area contributed by atoms with Gasteiger partial charge in [0.2, 0.25) is 5.75 Å². The van der Waals surface area contributed by atoms with Gasteiger partial charge in [0.25, 0.3) is 5.91 Å². The fourth-order valence-corrected chi connectivity index (χ4v) is 5.90. The third kappa shape index (κ3) is 7.59. The van der Waals surface area contributed by atoms with Gasteiger partial charge in [0.05, 0.1) is 53.4 Å². The van der Waals surface area contributed by atoms with E-state index in [-0.39, 0.29) is 18.6 Å². The van der Waals surface area contributed by atoms with Crippen LogP contribution in [0.3, 0.4) is 0 Å². The standard InChI is InChI=1S/C39H41N3O9/c1-23(22-50-31-14-12-25(18-33(31)45-3)38-40-28-10-8-7-9-27(28)39(43)41-38)15-16-49-34-17-24(11-13-30(34)44-2)29-21-32(51-42-29)26-19-35(46-4)37(48-6)36(20-26)47-5/h7-14,17-20,32,38,40H,1,15-16,21-22H2,2-6H3,(H,41,43). The molecule has 0 aromatic heterocycles. The highest BCUT2D eigenvalue weighted by Gasteiger charge is 2.28. The molecule has 0 radical (unpaired) electrons. The summed E-state index contributed by atoms with van der Waals surface area (Å²) in [6.07, 6.45) is 0.330. The van der Waals surface area contributed by atoms with Gasteiger partial charge in [-0.05, 0) is 65.7 Å². The number of carbonyl (C=O) groups is 1. The number of amides is 1.